The summed E-state index contributed by atoms with van der Waals surface area (Å²) in [7, 11) is 0. The molecule has 0 bridgehead atoms. The van der Waals surface area contributed by atoms with Crippen LogP contribution >= 0.6 is 0 Å². The molecular formula is C17H29N. The highest BCUT2D eigenvalue weighted by Crippen LogP contribution is 2.30. The molecule has 0 radical (unpaired) electrons. The highest BCUT2D eigenvalue weighted by atomic mass is 14.6. The Morgan fingerprint density at radius 3 is 1.83 bits per heavy atom. The smallest absolute Gasteiger partial charge is 0.000557 e. The van der Waals surface area contributed by atoms with Crippen LogP contribution in [0.2, 0.25) is 0 Å². The number of nitrogens with two attached hydrogens (primary N) is 1. The molecule has 0 spiro atoms. The lowest BCUT2D eigenvalue weighted by Crippen LogP contribution is -2.21. The number of benzene rings is 1. The van der Waals surface area contributed by atoms with Gasteiger partial charge in [0.2, 0.25) is 0 Å². The minimum absolute atomic E-state index is 0.228. The molecule has 2 N–H and O–H groups in total. The van der Waals surface area contributed by atoms with Crippen LogP contribution in [0.25, 0.3) is 0 Å². The maximum atomic E-state index is 5.98. The Labute approximate surface area is 113 Å². The van der Waals surface area contributed by atoms with E-state index < -0.39 is 0 Å². The van der Waals surface area contributed by atoms with Gasteiger partial charge in [-0.2, -0.15) is 0 Å². The van der Waals surface area contributed by atoms with E-state index in [1.54, 1.807) is 0 Å². The van der Waals surface area contributed by atoms with Crippen molar-refractivity contribution in [3.63, 3.8) is 0 Å². The van der Waals surface area contributed by atoms with Crippen LogP contribution in [0.15, 0.2) is 24.3 Å². The van der Waals surface area contributed by atoms with E-state index >= 15 is 0 Å². The van der Waals surface area contributed by atoms with Gasteiger partial charge in [-0.1, -0.05) is 71.7 Å². The zero-order valence-corrected chi connectivity index (χ0v) is 12.7. The molecular weight excluding hydrogens is 218 g/mol. The summed E-state index contributed by atoms with van der Waals surface area (Å²) in [6, 6.07) is 9.08. The van der Waals surface area contributed by atoms with Crippen LogP contribution < -0.4 is 5.73 Å². The third-order valence-electron chi connectivity index (χ3n) is 4.08. The highest BCUT2D eigenvalue weighted by Gasteiger charge is 2.20. The second kappa shape index (κ2) is 6.38. The fourth-order valence-corrected chi connectivity index (χ4v) is 2.69. The lowest BCUT2D eigenvalue weighted by molar-refractivity contribution is 0.402. The van der Waals surface area contributed by atoms with Gasteiger partial charge in [-0.05, 0) is 34.9 Å². The van der Waals surface area contributed by atoms with Gasteiger partial charge in [0, 0.05) is 0 Å². The van der Waals surface area contributed by atoms with Crippen molar-refractivity contribution in [1.82, 2.24) is 0 Å². The van der Waals surface area contributed by atoms with Gasteiger partial charge in [-0.15, -0.1) is 0 Å². The molecule has 1 atom stereocenters. The summed E-state index contributed by atoms with van der Waals surface area (Å²) in [5.74, 6) is 1.21. The van der Waals surface area contributed by atoms with E-state index in [4.69, 9.17) is 5.73 Å². The number of hydrogen-bond acceptors (Lipinski definition) is 1. The normalized spacial score (nSPS) is 13.9. The first kappa shape index (κ1) is 15.2. The Morgan fingerprint density at radius 2 is 1.50 bits per heavy atom. The zero-order valence-electron chi connectivity index (χ0n) is 12.7. The molecule has 0 saturated carbocycles. The van der Waals surface area contributed by atoms with E-state index in [1.807, 2.05) is 0 Å². The van der Waals surface area contributed by atoms with Gasteiger partial charge in [-0.25, -0.2) is 0 Å². The van der Waals surface area contributed by atoms with Gasteiger partial charge in [0.05, 0.1) is 0 Å². The quantitative estimate of drug-likeness (QED) is 0.816. The predicted molar refractivity (Wildman–Crippen MR) is 81.0 cm³/mol. The average molecular weight is 247 g/mol. The number of hydrogen-bond donors (Lipinski definition) is 1. The zero-order chi connectivity index (χ0) is 13.8. The summed E-state index contributed by atoms with van der Waals surface area (Å²) in [5.41, 5.74) is 9.01. The van der Waals surface area contributed by atoms with E-state index in [0.717, 1.165) is 6.54 Å². The summed E-state index contributed by atoms with van der Waals surface area (Å²) < 4.78 is 0. The molecule has 1 unspecified atom stereocenters. The first-order valence-corrected chi connectivity index (χ1v) is 7.24. The second-order valence-corrected chi connectivity index (χ2v) is 6.29. The van der Waals surface area contributed by atoms with Crippen molar-refractivity contribution < 1.29 is 0 Å². The molecule has 0 saturated heterocycles. The van der Waals surface area contributed by atoms with Crippen LogP contribution in [-0.2, 0) is 5.41 Å². The lowest BCUT2D eigenvalue weighted by atomic mass is 9.80. The van der Waals surface area contributed by atoms with Gasteiger partial charge in [0.15, 0.2) is 0 Å². The van der Waals surface area contributed by atoms with Crippen molar-refractivity contribution in [3.8, 4) is 0 Å². The SMILES string of the molecule is CCC(CC)C(CN)c1ccc(C(C)(C)C)cc1. The van der Waals surface area contributed by atoms with E-state index in [9.17, 15) is 0 Å². The third kappa shape index (κ3) is 3.58. The van der Waals surface area contributed by atoms with Crippen LogP contribution in [0.4, 0.5) is 0 Å². The molecule has 1 aromatic rings. The van der Waals surface area contributed by atoms with Crippen LogP contribution in [0.1, 0.15) is 64.5 Å². The van der Waals surface area contributed by atoms with E-state index in [-0.39, 0.29) is 5.41 Å². The molecule has 102 valence electrons. The molecule has 0 aliphatic rings. The minimum Gasteiger partial charge on any atom is -0.330 e. The standard InChI is InChI=1S/C17H29N/c1-6-13(7-2)16(12-18)14-8-10-15(11-9-14)17(3,4)5/h8-11,13,16H,6-7,12,18H2,1-5H3. The third-order valence-corrected chi connectivity index (χ3v) is 4.08. The Kier molecular flexibility index (Phi) is 5.40. The van der Waals surface area contributed by atoms with Crippen molar-refractivity contribution in [2.75, 3.05) is 6.54 Å². The molecule has 18 heavy (non-hydrogen) atoms. The Balaban J connectivity index is 2.95. The van der Waals surface area contributed by atoms with Crippen molar-refractivity contribution in [1.29, 1.82) is 0 Å². The van der Waals surface area contributed by atoms with E-state index in [0.29, 0.717) is 11.8 Å². The first-order chi connectivity index (χ1) is 8.43. The minimum atomic E-state index is 0.228. The van der Waals surface area contributed by atoms with Crippen molar-refractivity contribution >= 4 is 0 Å². The van der Waals surface area contributed by atoms with Crippen molar-refractivity contribution in [2.24, 2.45) is 11.7 Å². The summed E-state index contributed by atoms with van der Waals surface area (Å²) >= 11 is 0. The Morgan fingerprint density at radius 1 is 1.00 bits per heavy atom. The maximum Gasteiger partial charge on any atom is -0.000557 e. The molecule has 0 fully saturated rings. The van der Waals surface area contributed by atoms with Gasteiger partial charge < -0.3 is 5.73 Å². The van der Waals surface area contributed by atoms with E-state index in [2.05, 4.69) is 58.9 Å². The van der Waals surface area contributed by atoms with Crippen LogP contribution in [0, 0.1) is 5.92 Å². The summed E-state index contributed by atoms with van der Waals surface area (Å²) in [6.45, 7) is 12.0. The number of rotatable bonds is 5. The van der Waals surface area contributed by atoms with Crippen LogP contribution in [-0.4, -0.2) is 6.54 Å². The molecule has 0 amide bonds. The van der Waals surface area contributed by atoms with Crippen LogP contribution in [0.3, 0.4) is 0 Å². The van der Waals surface area contributed by atoms with E-state index in [1.165, 1.54) is 24.0 Å². The van der Waals surface area contributed by atoms with Gasteiger partial charge >= 0.3 is 0 Å². The molecule has 1 rings (SSSR count). The van der Waals surface area contributed by atoms with Gasteiger partial charge in [0.1, 0.15) is 0 Å². The molecule has 0 aliphatic heterocycles. The topological polar surface area (TPSA) is 26.0 Å². The highest BCUT2D eigenvalue weighted by molar-refractivity contribution is 5.30. The second-order valence-electron chi connectivity index (χ2n) is 6.29. The Hall–Kier alpha value is -0.820. The molecule has 1 nitrogen and oxygen atoms in total. The monoisotopic (exact) mass is 247 g/mol. The van der Waals surface area contributed by atoms with Gasteiger partial charge in [0.25, 0.3) is 0 Å². The molecule has 1 heteroatoms. The summed E-state index contributed by atoms with van der Waals surface area (Å²) in [5, 5.41) is 0. The summed E-state index contributed by atoms with van der Waals surface area (Å²) in [6.07, 6.45) is 2.42. The van der Waals surface area contributed by atoms with Crippen LogP contribution in [0.5, 0.6) is 0 Å². The summed E-state index contributed by atoms with van der Waals surface area (Å²) in [4.78, 5) is 0. The molecule has 0 aliphatic carbocycles. The molecule has 0 aromatic heterocycles. The van der Waals surface area contributed by atoms with Gasteiger partial charge in [-0.3, -0.25) is 0 Å². The predicted octanol–water partition coefficient (Wildman–Crippen LogP) is 4.46. The molecule has 0 heterocycles. The lowest BCUT2D eigenvalue weighted by Gasteiger charge is -2.26. The average Bonchev–Trinajstić information content (AvgIpc) is 2.35. The Bertz CT molecular complexity index is 341. The maximum absolute atomic E-state index is 5.98. The fourth-order valence-electron chi connectivity index (χ4n) is 2.69. The molecule has 1 aromatic carbocycles. The van der Waals surface area contributed by atoms with Crippen molar-refractivity contribution in [3.05, 3.63) is 35.4 Å². The van der Waals surface area contributed by atoms with Crippen molar-refractivity contribution in [2.45, 2.75) is 58.8 Å². The first-order valence-electron chi connectivity index (χ1n) is 7.24. The largest absolute Gasteiger partial charge is 0.330 e. The fraction of sp³-hybridized carbons (Fsp3) is 0.647.